The predicted molar refractivity (Wildman–Crippen MR) is 70.3 cm³/mol. The van der Waals surface area contributed by atoms with Crippen LogP contribution in [0.25, 0.3) is 0 Å². The van der Waals surface area contributed by atoms with Crippen molar-refractivity contribution in [2.45, 2.75) is 26.4 Å². The van der Waals surface area contributed by atoms with Crippen LogP contribution in [-0.4, -0.2) is 18.7 Å². The second kappa shape index (κ2) is 4.95. The van der Waals surface area contributed by atoms with Gasteiger partial charge < -0.3 is 15.8 Å². The van der Waals surface area contributed by atoms with E-state index in [1.165, 1.54) is 0 Å². The Balaban J connectivity index is 2.69. The summed E-state index contributed by atoms with van der Waals surface area (Å²) in [4.78, 5) is 11.5. The Kier molecular flexibility index (Phi) is 3.83. The van der Waals surface area contributed by atoms with Crippen LogP contribution in [0.15, 0.2) is 18.2 Å². The normalized spacial score (nSPS) is 10.8. The number of hydrogen-bond acceptors (Lipinski definition) is 4. The van der Waals surface area contributed by atoms with Gasteiger partial charge in [0.25, 0.3) is 0 Å². The van der Waals surface area contributed by atoms with Crippen molar-refractivity contribution in [1.82, 2.24) is 0 Å². The van der Waals surface area contributed by atoms with Gasteiger partial charge in [0.05, 0.1) is 11.4 Å². The molecule has 0 saturated carbocycles. The third kappa shape index (κ3) is 4.22. The first-order chi connectivity index (χ1) is 7.81. The fourth-order valence-corrected chi connectivity index (χ4v) is 1.29. The lowest BCUT2D eigenvalue weighted by Crippen LogP contribution is -2.27. The lowest BCUT2D eigenvalue weighted by atomic mass is 10.2. The van der Waals surface area contributed by atoms with Crippen LogP contribution in [0.2, 0.25) is 0 Å². The van der Waals surface area contributed by atoms with Crippen molar-refractivity contribution in [2.24, 2.45) is 0 Å². The number of hydrogen-bond donors (Lipinski definition) is 3. The highest BCUT2D eigenvalue weighted by Gasteiger charge is 2.16. The average molecular weight is 237 g/mol. The zero-order valence-corrected chi connectivity index (χ0v) is 10.6. The van der Waals surface area contributed by atoms with E-state index in [1.54, 1.807) is 25.2 Å². The van der Waals surface area contributed by atoms with Crippen LogP contribution >= 0.6 is 0 Å². The van der Waals surface area contributed by atoms with Crippen LogP contribution in [0.1, 0.15) is 20.8 Å². The summed E-state index contributed by atoms with van der Waals surface area (Å²) < 4.78 is 5.13. The third-order valence-corrected chi connectivity index (χ3v) is 1.97. The van der Waals surface area contributed by atoms with Crippen LogP contribution in [0, 0.1) is 0 Å². The fraction of sp³-hybridized carbons (Fsp3) is 0.417. The zero-order chi connectivity index (χ0) is 13.1. The molecule has 1 aromatic carbocycles. The molecular weight excluding hydrogens is 218 g/mol. The molecule has 0 radical (unpaired) electrons. The first kappa shape index (κ1) is 13.2. The molecule has 0 aliphatic heterocycles. The summed E-state index contributed by atoms with van der Waals surface area (Å²) >= 11 is 0. The van der Waals surface area contributed by atoms with E-state index in [2.05, 4.69) is 10.6 Å². The topological polar surface area (TPSA) is 76.4 Å². The van der Waals surface area contributed by atoms with Gasteiger partial charge in [-0.15, -0.1) is 0 Å². The SMILES string of the molecule is CNc1ccc(NC(=O)OC(C)(C)C)cc1N. The molecule has 0 aliphatic rings. The maximum atomic E-state index is 11.5. The molecule has 0 heterocycles. The van der Waals surface area contributed by atoms with Gasteiger partial charge in [-0.25, -0.2) is 4.79 Å². The Morgan fingerprint density at radius 2 is 2.00 bits per heavy atom. The van der Waals surface area contributed by atoms with E-state index in [0.29, 0.717) is 11.4 Å². The number of ether oxygens (including phenoxy) is 1. The molecule has 1 aromatic rings. The number of carbonyl (C=O) groups is 1. The van der Waals surface area contributed by atoms with E-state index < -0.39 is 11.7 Å². The van der Waals surface area contributed by atoms with Crippen molar-refractivity contribution in [1.29, 1.82) is 0 Å². The Bertz CT molecular complexity index is 411. The average Bonchev–Trinajstić information content (AvgIpc) is 2.14. The van der Waals surface area contributed by atoms with Gasteiger partial charge in [0.1, 0.15) is 5.60 Å². The number of rotatable bonds is 2. The summed E-state index contributed by atoms with van der Waals surface area (Å²) in [6, 6.07) is 5.23. The number of anilines is 3. The van der Waals surface area contributed by atoms with E-state index >= 15 is 0 Å². The quantitative estimate of drug-likeness (QED) is 0.691. The molecule has 5 heteroatoms. The zero-order valence-electron chi connectivity index (χ0n) is 10.6. The molecule has 0 atom stereocenters. The van der Waals surface area contributed by atoms with Crippen molar-refractivity contribution in [3.8, 4) is 0 Å². The first-order valence-electron chi connectivity index (χ1n) is 5.39. The number of amides is 1. The van der Waals surface area contributed by atoms with Crippen LogP contribution in [0.5, 0.6) is 0 Å². The minimum Gasteiger partial charge on any atom is -0.444 e. The maximum absolute atomic E-state index is 11.5. The van der Waals surface area contributed by atoms with Gasteiger partial charge in [-0.05, 0) is 39.0 Å². The van der Waals surface area contributed by atoms with Gasteiger partial charge in [0.2, 0.25) is 0 Å². The molecule has 0 fully saturated rings. The minimum absolute atomic E-state index is 0.492. The predicted octanol–water partition coefficient (Wildman–Crippen LogP) is 2.66. The Morgan fingerprint density at radius 1 is 1.35 bits per heavy atom. The van der Waals surface area contributed by atoms with Crippen molar-refractivity contribution in [3.63, 3.8) is 0 Å². The summed E-state index contributed by atoms with van der Waals surface area (Å²) in [5.74, 6) is 0. The molecule has 1 amide bonds. The van der Waals surface area contributed by atoms with Gasteiger partial charge in [0, 0.05) is 12.7 Å². The van der Waals surface area contributed by atoms with Gasteiger partial charge in [0.15, 0.2) is 0 Å². The largest absolute Gasteiger partial charge is 0.444 e. The van der Waals surface area contributed by atoms with Gasteiger partial charge >= 0.3 is 6.09 Å². The molecule has 1 rings (SSSR count). The highest BCUT2D eigenvalue weighted by Crippen LogP contribution is 2.22. The number of carbonyl (C=O) groups excluding carboxylic acids is 1. The first-order valence-corrected chi connectivity index (χ1v) is 5.39. The number of benzene rings is 1. The molecule has 0 aromatic heterocycles. The molecule has 5 nitrogen and oxygen atoms in total. The Hall–Kier alpha value is -1.91. The van der Waals surface area contributed by atoms with Crippen LogP contribution < -0.4 is 16.4 Å². The van der Waals surface area contributed by atoms with E-state index in [4.69, 9.17) is 10.5 Å². The van der Waals surface area contributed by atoms with E-state index in [0.717, 1.165) is 5.69 Å². The summed E-state index contributed by atoms with van der Waals surface area (Å²) in [7, 11) is 1.78. The molecule has 0 spiro atoms. The standard InChI is InChI=1S/C12H19N3O2/c1-12(2,3)17-11(16)15-8-5-6-10(14-4)9(13)7-8/h5-7,14H,13H2,1-4H3,(H,15,16). The number of nitrogens with one attached hydrogen (secondary N) is 2. The van der Waals surface area contributed by atoms with Crippen LogP contribution in [-0.2, 0) is 4.74 Å². The monoisotopic (exact) mass is 237 g/mol. The number of nitrogen functional groups attached to an aromatic ring is 1. The summed E-state index contributed by atoms with van der Waals surface area (Å²) in [5.41, 5.74) is 7.26. The van der Waals surface area contributed by atoms with Crippen molar-refractivity contribution in [2.75, 3.05) is 23.4 Å². The van der Waals surface area contributed by atoms with Crippen LogP contribution in [0.3, 0.4) is 0 Å². The molecular formula is C12H19N3O2. The third-order valence-electron chi connectivity index (χ3n) is 1.97. The molecule has 0 aliphatic carbocycles. The minimum atomic E-state index is -0.513. The molecule has 4 N–H and O–H groups in total. The van der Waals surface area contributed by atoms with E-state index in [1.807, 2.05) is 20.8 Å². The number of nitrogens with two attached hydrogens (primary N) is 1. The molecule has 17 heavy (non-hydrogen) atoms. The van der Waals surface area contributed by atoms with Crippen molar-refractivity contribution >= 4 is 23.2 Å². The second-order valence-electron chi connectivity index (χ2n) is 4.68. The highest BCUT2D eigenvalue weighted by atomic mass is 16.6. The second-order valence-corrected chi connectivity index (χ2v) is 4.68. The molecule has 94 valence electrons. The van der Waals surface area contributed by atoms with Gasteiger partial charge in [-0.3, -0.25) is 5.32 Å². The maximum Gasteiger partial charge on any atom is 0.412 e. The van der Waals surface area contributed by atoms with Crippen LogP contribution in [0.4, 0.5) is 21.9 Å². The van der Waals surface area contributed by atoms with Crippen molar-refractivity contribution < 1.29 is 9.53 Å². The molecule has 0 bridgehead atoms. The van der Waals surface area contributed by atoms with E-state index in [9.17, 15) is 4.79 Å². The smallest absolute Gasteiger partial charge is 0.412 e. The lowest BCUT2D eigenvalue weighted by molar-refractivity contribution is 0.0636. The molecule has 0 unspecified atom stereocenters. The summed E-state index contributed by atoms with van der Waals surface area (Å²) in [6.07, 6.45) is -0.492. The van der Waals surface area contributed by atoms with Gasteiger partial charge in [-0.2, -0.15) is 0 Å². The molecule has 0 saturated heterocycles. The fourth-order valence-electron chi connectivity index (χ4n) is 1.29. The van der Waals surface area contributed by atoms with Crippen molar-refractivity contribution in [3.05, 3.63) is 18.2 Å². The lowest BCUT2D eigenvalue weighted by Gasteiger charge is -2.19. The summed E-state index contributed by atoms with van der Waals surface area (Å²) in [5, 5.41) is 5.57. The van der Waals surface area contributed by atoms with E-state index in [-0.39, 0.29) is 0 Å². The van der Waals surface area contributed by atoms with Gasteiger partial charge in [-0.1, -0.05) is 0 Å². The highest BCUT2D eigenvalue weighted by molar-refractivity contribution is 5.87. The Labute approximate surface area is 101 Å². The Morgan fingerprint density at radius 3 is 2.47 bits per heavy atom. The summed E-state index contributed by atoms with van der Waals surface area (Å²) in [6.45, 7) is 5.43.